The Balaban J connectivity index is 2.13. The maximum Gasteiger partial charge on any atom is 0.203 e. The minimum atomic E-state index is 0.475. The van der Waals surface area contributed by atoms with E-state index in [9.17, 15) is 0 Å². The monoisotopic (exact) mass is 387 g/mol. The third-order valence-electron chi connectivity index (χ3n) is 4.00. The van der Waals surface area contributed by atoms with E-state index in [1.807, 2.05) is 47.9 Å². The lowest BCUT2D eigenvalue weighted by molar-refractivity contribution is 0.324. The number of rotatable bonds is 7. The van der Waals surface area contributed by atoms with Gasteiger partial charge in [0.05, 0.1) is 33.6 Å². The molecule has 0 aliphatic heterocycles. The van der Waals surface area contributed by atoms with E-state index in [1.165, 1.54) is 0 Å². The zero-order valence-electron chi connectivity index (χ0n) is 15.6. The molecule has 1 N–H and O–H groups in total. The minimum absolute atomic E-state index is 0.475. The molecule has 8 heteroatoms. The highest BCUT2D eigenvalue weighted by Gasteiger charge is 2.18. The molecule has 0 aliphatic rings. The van der Waals surface area contributed by atoms with Crippen molar-refractivity contribution in [1.82, 2.24) is 14.8 Å². The van der Waals surface area contributed by atoms with E-state index < -0.39 is 0 Å². The van der Waals surface area contributed by atoms with Gasteiger partial charge in [0.15, 0.2) is 22.1 Å². The second-order valence-electron chi connectivity index (χ2n) is 5.53. The Hall–Kier alpha value is -3.00. The molecule has 27 heavy (non-hydrogen) atoms. The molecular formula is C19H21N3O4S. The largest absolute Gasteiger partial charge is 0.494 e. The van der Waals surface area contributed by atoms with Crippen molar-refractivity contribution in [3.05, 3.63) is 41.2 Å². The second kappa shape index (κ2) is 8.13. The molecule has 0 saturated carbocycles. The van der Waals surface area contributed by atoms with E-state index >= 15 is 0 Å². The predicted octanol–water partition coefficient (Wildman–Crippen LogP) is 4.02. The molecule has 0 bridgehead atoms. The molecule has 1 heterocycles. The number of aromatic amines is 1. The molecule has 0 amide bonds. The Bertz CT molecular complexity index is 954. The molecule has 142 valence electrons. The first-order chi connectivity index (χ1) is 13.1. The van der Waals surface area contributed by atoms with E-state index in [-0.39, 0.29) is 0 Å². The highest BCUT2D eigenvalue weighted by molar-refractivity contribution is 7.71. The summed E-state index contributed by atoms with van der Waals surface area (Å²) in [7, 11) is 4.71. The fourth-order valence-electron chi connectivity index (χ4n) is 2.80. The number of methoxy groups -OCH3 is 3. The lowest BCUT2D eigenvalue weighted by atomic mass is 10.1. The molecular weight excluding hydrogens is 366 g/mol. The third kappa shape index (κ3) is 3.61. The average Bonchev–Trinajstić information content (AvgIpc) is 3.09. The molecule has 1 aromatic heterocycles. The van der Waals surface area contributed by atoms with Gasteiger partial charge in [0, 0.05) is 5.56 Å². The van der Waals surface area contributed by atoms with Gasteiger partial charge in [0.25, 0.3) is 0 Å². The Labute approximate surface area is 162 Å². The van der Waals surface area contributed by atoms with Crippen molar-refractivity contribution >= 4 is 12.2 Å². The number of nitrogens with zero attached hydrogens (tertiary/aromatic N) is 2. The second-order valence-corrected chi connectivity index (χ2v) is 5.92. The van der Waals surface area contributed by atoms with Crippen molar-refractivity contribution in [2.24, 2.45) is 0 Å². The Morgan fingerprint density at radius 2 is 1.63 bits per heavy atom. The van der Waals surface area contributed by atoms with Crippen LogP contribution in [-0.4, -0.2) is 42.7 Å². The predicted molar refractivity (Wildman–Crippen MR) is 105 cm³/mol. The van der Waals surface area contributed by atoms with Crippen LogP contribution < -0.4 is 18.9 Å². The Kier molecular flexibility index (Phi) is 5.66. The van der Waals surface area contributed by atoms with E-state index in [2.05, 4.69) is 10.2 Å². The first-order valence-corrected chi connectivity index (χ1v) is 8.74. The summed E-state index contributed by atoms with van der Waals surface area (Å²) in [6.07, 6.45) is 0. The van der Waals surface area contributed by atoms with Gasteiger partial charge >= 0.3 is 0 Å². The number of ether oxygens (including phenoxy) is 4. The van der Waals surface area contributed by atoms with Crippen LogP contribution in [-0.2, 0) is 0 Å². The summed E-state index contributed by atoms with van der Waals surface area (Å²) >= 11 is 5.44. The summed E-state index contributed by atoms with van der Waals surface area (Å²) in [5.41, 5.74) is 1.63. The van der Waals surface area contributed by atoms with Crippen LogP contribution in [0.2, 0.25) is 0 Å². The molecule has 0 saturated heterocycles. The van der Waals surface area contributed by atoms with Crippen molar-refractivity contribution in [2.75, 3.05) is 27.9 Å². The summed E-state index contributed by atoms with van der Waals surface area (Å²) in [4.78, 5) is 0. The quantitative estimate of drug-likeness (QED) is 0.618. The average molecular weight is 387 g/mol. The summed E-state index contributed by atoms with van der Waals surface area (Å²) in [5, 5.41) is 7.24. The molecule has 0 spiro atoms. The molecule has 0 atom stereocenters. The van der Waals surface area contributed by atoms with Gasteiger partial charge in [-0.3, -0.25) is 9.67 Å². The zero-order chi connectivity index (χ0) is 19.4. The molecule has 3 aromatic rings. The van der Waals surface area contributed by atoms with Gasteiger partial charge in [-0.25, -0.2) is 0 Å². The van der Waals surface area contributed by atoms with E-state index in [0.29, 0.717) is 34.5 Å². The number of aromatic nitrogens is 3. The smallest absolute Gasteiger partial charge is 0.203 e. The van der Waals surface area contributed by atoms with Crippen LogP contribution in [0.15, 0.2) is 36.4 Å². The minimum Gasteiger partial charge on any atom is -0.494 e. The van der Waals surface area contributed by atoms with Crippen LogP contribution in [0.1, 0.15) is 6.92 Å². The van der Waals surface area contributed by atoms with Gasteiger partial charge < -0.3 is 18.9 Å². The van der Waals surface area contributed by atoms with Crippen LogP contribution >= 0.6 is 12.2 Å². The number of nitrogens with one attached hydrogen (secondary N) is 1. The van der Waals surface area contributed by atoms with E-state index in [0.717, 1.165) is 17.0 Å². The molecule has 0 unspecified atom stereocenters. The fraction of sp³-hybridized carbons (Fsp3) is 0.263. The number of hydrogen-bond donors (Lipinski definition) is 1. The maximum absolute atomic E-state index is 5.50. The molecule has 0 radical (unpaired) electrons. The highest BCUT2D eigenvalue weighted by Crippen LogP contribution is 2.41. The van der Waals surface area contributed by atoms with Gasteiger partial charge in [0.1, 0.15) is 5.75 Å². The van der Waals surface area contributed by atoms with E-state index in [4.69, 9.17) is 31.2 Å². The van der Waals surface area contributed by atoms with Crippen molar-refractivity contribution in [3.8, 4) is 40.1 Å². The third-order valence-corrected chi connectivity index (χ3v) is 4.28. The molecule has 0 fully saturated rings. The van der Waals surface area contributed by atoms with Crippen molar-refractivity contribution in [2.45, 2.75) is 6.92 Å². The molecule has 0 aliphatic carbocycles. The standard InChI is InChI=1S/C19H21N3O4S/c1-5-26-14-8-6-13(7-9-14)22-18(20-21-19(22)27)12-10-15(23-2)17(25-4)16(11-12)24-3/h6-11H,5H2,1-4H3,(H,21,27). The lowest BCUT2D eigenvalue weighted by Crippen LogP contribution is -2.00. The number of benzene rings is 2. The van der Waals surface area contributed by atoms with Gasteiger partial charge in [-0.1, -0.05) is 0 Å². The number of hydrogen-bond acceptors (Lipinski definition) is 6. The maximum atomic E-state index is 5.50. The summed E-state index contributed by atoms with van der Waals surface area (Å²) in [6.45, 7) is 2.56. The van der Waals surface area contributed by atoms with Crippen molar-refractivity contribution < 1.29 is 18.9 Å². The van der Waals surface area contributed by atoms with Crippen molar-refractivity contribution in [1.29, 1.82) is 0 Å². The van der Waals surface area contributed by atoms with Gasteiger partial charge in [-0.05, 0) is 55.5 Å². The Morgan fingerprint density at radius 1 is 1.00 bits per heavy atom. The normalized spacial score (nSPS) is 10.5. The molecule has 2 aromatic carbocycles. The summed E-state index contributed by atoms with van der Waals surface area (Å²) in [5.74, 6) is 3.03. The van der Waals surface area contributed by atoms with Gasteiger partial charge in [-0.2, -0.15) is 5.10 Å². The SMILES string of the molecule is CCOc1ccc(-n2c(-c3cc(OC)c(OC)c(OC)c3)n[nH]c2=S)cc1. The summed E-state index contributed by atoms with van der Waals surface area (Å²) in [6, 6.07) is 11.3. The van der Waals surface area contributed by atoms with Crippen LogP contribution in [0.25, 0.3) is 17.1 Å². The van der Waals surface area contributed by atoms with Crippen LogP contribution in [0.3, 0.4) is 0 Å². The van der Waals surface area contributed by atoms with Crippen LogP contribution in [0, 0.1) is 4.77 Å². The molecule has 7 nitrogen and oxygen atoms in total. The molecule has 3 rings (SSSR count). The van der Waals surface area contributed by atoms with Crippen LogP contribution in [0.5, 0.6) is 23.0 Å². The zero-order valence-corrected chi connectivity index (χ0v) is 16.4. The van der Waals surface area contributed by atoms with Crippen molar-refractivity contribution in [3.63, 3.8) is 0 Å². The number of H-pyrrole nitrogens is 1. The Morgan fingerprint density at radius 3 is 2.15 bits per heavy atom. The first kappa shape index (κ1) is 18.8. The lowest BCUT2D eigenvalue weighted by Gasteiger charge is -2.14. The fourth-order valence-corrected chi connectivity index (χ4v) is 3.04. The van der Waals surface area contributed by atoms with Gasteiger partial charge in [0.2, 0.25) is 5.75 Å². The van der Waals surface area contributed by atoms with E-state index in [1.54, 1.807) is 21.3 Å². The van der Waals surface area contributed by atoms with Gasteiger partial charge in [-0.15, -0.1) is 0 Å². The highest BCUT2D eigenvalue weighted by atomic mass is 32.1. The first-order valence-electron chi connectivity index (χ1n) is 8.34. The topological polar surface area (TPSA) is 70.5 Å². The summed E-state index contributed by atoms with van der Waals surface area (Å²) < 4.78 is 24.1. The van der Waals surface area contributed by atoms with Crippen LogP contribution in [0.4, 0.5) is 0 Å².